The van der Waals surface area contributed by atoms with Crippen molar-refractivity contribution in [2.75, 3.05) is 20.7 Å². The van der Waals surface area contributed by atoms with E-state index in [4.69, 9.17) is 9.26 Å². The van der Waals surface area contributed by atoms with E-state index in [1.165, 1.54) is 12.2 Å². The summed E-state index contributed by atoms with van der Waals surface area (Å²) < 4.78 is 12.7. The molecule has 2 unspecified atom stereocenters. The molecular formula is C15H23N5O2. The molecule has 0 amide bonds. The van der Waals surface area contributed by atoms with E-state index in [1.807, 2.05) is 13.1 Å². The molecule has 22 heavy (non-hydrogen) atoms. The maximum Gasteiger partial charge on any atom is 0.240 e. The SMILES string of the molecule is COC(C)c1noc(CN(C)CC2CCc3nccn3C2)n1. The number of nitrogens with zero attached hydrogens (tertiary/aromatic N) is 5. The molecule has 0 fully saturated rings. The molecule has 1 aliphatic heterocycles. The molecule has 0 aliphatic carbocycles. The average Bonchev–Trinajstić information content (AvgIpc) is 3.14. The van der Waals surface area contributed by atoms with E-state index in [0.29, 0.717) is 24.2 Å². The third-order valence-corrected chi connectivity index (χ3v) is 4.21. The van der Waals surface area contributed by atoms with Crippen molar-refractivity contribution in [1.82, 2.24) is 24.6 Å². The number of aryl methyl sites for hydroxylation is 1. The summed E-state index contributed by atoms with van der Waals surface area (Å²) in [6, 6.07) is 0. The number of imidazole rings is 1. The number of rotatable bonds is 6. The number of hydrogen-bond donors (Lipinski definition) is 0. The molecule has 0 aromatic carbocycles. The third-order valence-electron chi connectivity index (χ3n) is 4.21. The minimum Gasteiger partial charge on any atom is -0.374 e. The van der Waals surface area contributed by atoms with E-state index in [-0.39, 0.29) is 6.10 Å². The monoisotopic (exact) mass is 305 g/mol. The van der Waals surface area contributed by atoms with Crippen molar-refractivity contribution in [1.29, 1.82) is 0 Å². The Bertz CT molecular complexity index is 609. The van der Waals surface area contributed by atoms with Crippen molar-refractivity contribution in [3.8, 4) is 0 Å². The van der Waals surface area contributed by atoms with Gasteiger partial charge in [-0.05, 0) is 26.3 Å². The Balaban J connectivity index is 1.52. The van der Waals surface area contributed by atoms with E-state index in [0.717, 1.165) is 19.5 Å². The van der Waals surface area contributed by atoms with E-state index in [2.05, 4.69) is 37.8 Å². The Labute approximate surface area is 130 Å². The molecule has 0 spiro atoms. The van der Waals surface area contributed by atoms with E-state index < -0.39 is 0 Å². The lowest BCUT2D eigenvalue weighted by molar-refractivity contribution is 0.109. The van der Waals surface area contributed by atoms with Gasteiger partial charge in [0.1, 0.15) is 11.9 Å². The van der Waals surface area contributed by atoms with Crippen LogP contribution in [0.5, 0.6) is 0 Å². The second kappa shape index (κ2) is 6.58. The molecule has 0 N–H and O–H groups in total. The van der Waals surface area contributed by atoms with Crippen LogP contribution in [0.1, 0.15) is 37.0 Å². The average molecular weight is 305 g/mol. The lowest BCUT2D eigenvalue weighted by atomic mass is 9.99. The van der Waals surface area contributed by atoms with Crippen LogP contribution in [0.25, 0.3) is 0 Å². The number of aromatic nitrogens is 4. The fourth-order valence-electron chi connectivity index (χ4n) is 2.93. The van der Waals surface area contributed by atoms with Crippen molar-refractivity contribution in [2.24, 2.45) is 5.92 Å². The molecule has 0 bridgehead atoms. The first-order valence-electron chi connectivity index (χ1n) is 7.69. The Kier molecular flexibility index (Phi) is 4.54. The summed E-state index contributed by atoms with van der Waals surface area (Å²) in [4.78, 5) is 11.0. The van der Waals surface area contributed by atoms with Crippen LogP contribution < -0.4 is 0 Å². The first-order chi connectivity index (χ1) is 10.7. The van der Waals surface area contributed by atoms with Gasteiger partial charge in [0.15, 0.2) is 5.82 Å². The van der Waals surface area contributed by atoms with Crippen molar-refractivity contribution in [3.63, 3.8) is 0 Å². The zero-order valence-electron chi connectivity index (χ0n) is 13.4. The lowest BCUT2D eigenvalue weighted by Crippen LogP contribution is -2.31. The quantitative estimate of drug-likeness (QED) is 0.808. The summed E-state index contributed by atoms with van der Waals surface area (Å²) >= 11 is 0. The topological polar surface area (TPSA) is 69.2 Å². The zero-order valence-corrected chi connectivity index (χ0v) is 13.4. The highest BCUT2D eigenvalue weighted by molar-refractivity contribution is 4.97. The highest BCUT2D eigenvalue weighted by atomic mass is 16.5. The fourth-order valence-corrected chi connectivity index (χ4v) is 2.93. The summed E-state index contributed by atoms with van der Waals surface area (Å²) in [7, 11) is 3.73. The van der Waals surface area contributed by atoms with Crippen LogP contribution >= 0.6 is 0 Å². The van der Waals surface area contributed by atoms with Crippen LogP contribution in [0.3, 0.4) is 0 Å². The van der Waals surface area contributed by atoms with Crippen LogP contribution in [-0.4, -0.2) is 45.3 Å². The molecule has 7 heteroatoms. The van der Waals surface area contributed by atoms with Gasteiger partial charge in [-0.15, -0.1) is 0 Å². The molecule has 0 saturated carbocycles. The first kappa shape index (κ1) is 15.2. The van der Waals surface area contributed by atoms with Crippen LogP contribution in [-0.2, 0) is 24.2 Å². The summed E-state index contributed by atoms with van der Waals surface area (Å²) in [6.45, 7) is 4.62. The van der Waals surface area contributed by atoms with Gasteiger partial charge in [-0.1, -0.05) is 5.16 Å². The molecule has 2 atom stereocenters. The standard InChI is InChI=1S/C15H23N5O2/c1-11(21-3)15-17-14(22-18-15)10-19(2)8-12-4-5-13-16-6-7-20(13)9-12/h6-7,11-12H,4-5,8-10H2,1-3H3. The largest absolute Gasteiger partial charge is 0.374 e. The Morgan fingerprint density at radius 3 is 3.23 bits per heavy atom. The molecule has 1 aliphatic rings. The second-order valence-electron chi connectivity index (χ2n) is 6.02. The molecule has 2 aromatic heterocycles. The molecule has 0 radical (unpaired) electrons. The van der Waals surface area contributed by atoms with E-state index >= 15 is 0 Å². The van der Waals surface area contributed by atoms with Crippen LogP contribution in [0.4, 0.5) is 0 Å². The minimum absolute atomic E-state index is 0.138. The number of ether oxygens (including phenoxy) is 1. The number of methoxy groups -OCH3 is 1. The summed E-state index contributed by atoms with van der Waals surface area (Å²) in [5.74, 6) is 3.08. The summed E-state index contributed by atoms with van der Waals surface area (Å²) in [5.41, 5.74) is 0. The Hall–Kier alpha value is -1.73. The van der Waals surface area contributed by atoms with Crippen LogP contribution in [0, 0.1) is 5.92 Å². The van der Waals surface area contributed by atoms with Gasteiger partial charge >= 0.3 is 0 Å². The lowest BCUT2D eigenvalue weighted by Gasteiger charge is -2.27. The van der Waals surface area contributed by atoms with Gasteiger partial charge in [0.25, 0.3) is 0 Å². The number of fused-ring (bicyclic) bond motifs is 1. The molecule has 3 heterocycles. The van der Waals surface area contributed by atoms with Gasteiger partial charge in [-0.3, -0.25) is 4.90 Å². The molecule has 7 nitrogen and oxygen atoms in total. The van der Waals surface area contributed by atoms with Crippen molar-refractivity contribution >= 4 is 0 Å². The molecule has 120 valence electrons. The maximum absolute atomic E-state index is 5.29. The van der Waals surface area contributed by atoms with E-state index in [1.54, 1.807) is 7.11 Å². The molecule has 3 rings (SSSR count). The summed E-state index contributed by atoms with van der Waals surface area (Å²) in [6.07, 6.45) is 6.05. The van der Waals surface area contributed by atoms with Gasteiger partial charge in [0, 0.05) is 39.0 Å². The van der Waals surface area contributed by atoms with Gasteiger partial charge < -0.3 is 13.8 Å². The predicted octanol–water partition coefficient (Wildman–Crippen LogP) is 1.67. The van der Waals surface area contributed by atoms with Gasteiger partial charge in [-0.25, -0.2) is 4.98 Å². The van der Waals surface area contributed by atoms with Crippen molar-refractivity contribution < 1.29 is 9.26 Å². The second-order valence-corrected chi connectivity index (χ2v) is 6.02. The molecule has 0 saturated heterocycles. The van der Waals surface area contributed by atoms with Gasteiger partial charge in [0.2, 0.25) is 5.89 Å². The molecule has 2 aromatic rings. The van der Waals surface area contributed by atoms with E-state index in [9.17, 15) is 0 Å². The van der Waals surface area contributed by atoms with Crippen molar-refractivity contribution in [3.05, 3.63) is 29.9 Å². The summed E-state index contributed by atoms with van der Waals surface area (Å²) in [5, 5.41) is 3.96. The Morgan fingerprint density at radius 1 is 1.55 bits per heavy atom. The zero-order chi connectivity index (χ0) is 15.5. The number of hydrogen-bond acceptors (Lipinski definition) is 6. The van der Waals surface area contributed by atoms with Crippen LogP contribution in [0.2, 0.25) is 0 Å². The fraction of sp³-hybridized carbons (Fsp3) is 0.667. The maximum atomic E-state index is 5.29. The van der Waals surface area contributed by atoms with Gasteiger partial charge in [-0.2, -0.15) is 4.98 Å². The minimum atomic E-state index is -0.138. The first-order valence-corrected chi connectivity index (χ1v) is 7.69. The highest BCUT2D eigenvalue weighted by Gasteiger charge is 2.21. The van der Waals surface area contributed by atoms with Gasteiger partial charge in [0.05, 0.1) is 6.54 Å². The highest BCUT2D eigenvalue weighted by Crippen LogP contribution is 2.20. The third kappa shape index (κ3) is 3.36. The predicted molar refractivity (Wildman–Crippen MR) is 80.1 cm³/mol. The Morgan fingerprint density at radius 2 is 2.41 bits per heavy atom. The molecular weight excluding hydrogens is 282 g/mol. The smallest absolute Gasteiger partial charge is 0.240 e. The normalized spacial score (nSPS) is 19.4. The van der Waals surface area contributed by atoms with Crippen molar-refractivity contribution in [2.45, 2.75) is 39.0 Å². The van der Waals surface area contributed by atoms with Crippen LogP contribution in [0.15, 0.2) is 16.9 Å².